The quantitative estimate of drug-likeness (QED) is 0.921. The van der Waals surface area contributed by atoms with Crippen LogP contribution in [0, 0.1) is 11.6 Å². The van der Waals surface area contributed by atoms with Gasteiger partial charge in [-0.15, -0.1) is 11.3 Å². The first-order valence-electron chi connectivity index (χ1n) is 6.10. The van der Waals surface area contributed by atoms with E-state index < -0.39 is 11.6 Å². The Kier molecular flexibility index (Phi) is 4.27. The Labute approximate surface area is 115 Å². The highest BCUT2D eigenvalue weighted by Crippen LogP contribution is 2.28. The molecule has 1 atom stereocenters. The minimum absolute atomic E-state index is 0.289. The fraction of sp³-hybridized carbons (Fsp3) is 0.357. The molecule has 5 heteroatoms. The zero-order valence-electron chi connectivity index (χ0n) is 11.1. The van der Waals surface area contributed by atoms with E-state index in [0.717, 1.165) is 16.8 Å². The van der Waals surface area contributed by atoms with Crippen LogP contribution in [0.3, 0.4) is 0 Å². The summed E-state index contributed by atoms with van der Waals surface area (Å²) in [6.45, 7) is 4.13. The standard InChI is InChI=1S/C14H16F2N2S/c1-8(2)12-7-19-14(18-12)13(17-3)9-4-10(15)6-11(16)5-9/h4-8,13,17H,1-3H3. The molecule has 2 rings (SSSR count). The maximum atomic E-state index is 13.3. The Morgan fingerprint density at radius 1 is 1.16 bits per heavy atom. The molecule has 102 valence electrons. The van der Waals surface area contributed by atoms with E-state index in [0.29, 0.717) is 11.5 Å². The van der Waals surface area contributed by atoms with Crippen molar-refractivity contribution in [3.63, 3.8) is 0 Å². The predicted octanol–water partition coefficient (Wildman–Crippen LogP) is 3.85. The summed E-state index contributed by atoms with van der Waals surface area (Å²) in [5.41, 5.74) is 1.54. The number of rotatable bonds is 4. The van der Waals surface area contributed by atoms with Crippen molar-refractivity contribution in [2.45, 2.75) is 25.8 Å². The Bertz CT molecular complexity index is 546. The number of nitrogens with zero attached hydrogens (tertiary/aromatic N) is 1. The third-order valence-corrected chi connectivity index (χ3v) is 3.81. The molecule has 0 bridgehead atoms. The molecule has 0 radical (unpaired) electrons. The number of thiazole rings is 1. The normalized spacial score (nSPS) is 12.9. The molecule has 0 saturated carbocycles. The van der Waals surface area contributed by atoms with Crippen LogP contribution < -0.4 is 5.32 Å². The molecule has 0 aliphatic carbocycles. The summed E-state index contributed by atoms with van der Waals surface area (Å²) in [7, 11) is 1.75. The number of hydrogen-bond donors (Lipinski definition) is 1. The van der Waals surface area contributed by atoms with Crippen molar-refractivity contribution in [3.05, 3.63) is 51.5 Å². The van der Waals surface area contributed by atoms with E-state index in [-0.39, 0.29) is 6.04 Å². The van der Waals surface area contributed by atoms with E-state index in [2.05, 4.69) is 24.1 Å². The van der Waals surface area contributed by atoms with E-state index in [4.69, 9.17) is 0 Å². The summed E-state index contributed by atoms with van der Waals surface area (Å²) in [6, 6.07) is 3.25. The van der Waals surface area contributed by atoms with Gasteiger partial charge in [-0.2, -0.15) is 0 Å². The molecule has 2 nitrogen and oxygen atoms in total. The summed E-state index contributed by atoms with van der Waals surface area (Å²) in [5.74, 6) is -0.807. The summed E-state index contributed by atoms with van der Waals surface area (Å²) in [5, 5.41) is 5.86. The van der Waals surface area contributed by atoms with Gasteiger partial charge in [0.2, 0.25) is 0 Å². The summed E-state index contributed by atoms with van der Waals surface area (Å²) < 4.78 is 26.6. The molecule has 1 unspecified atom stereocenters. The van der Waals surface area contributed by atoms with Crippen LogP contribution in [0.2, 0.25) is 0 Å². The minimum atomic E-state index is -0.573. The molecule has 0 aliphatic rings. The van der Waals surface area contributed by atoms with Crippen LogP contribution in [0.25, 0.3) is 0 Å². The molecule has 0 amide bonds. The summed E-state index contributed by atoms with van der Waals surface area (Å²) in [6.07, 6.45) is 0. The predicted molar refractivity (Wildman–Crippen MR) is 73.5 cm³/mol. The first-order chi connectivity index (χ1) is 9.01. The second-order valence-corrected chi connectivity index (χ2v) is 5.58. The van der Waals surface area contributed by atoms with Crippen molar-refractivity contribution >= 4 is 11.3 Å². The van der Waals surface area contributed by atoms with Crippen LogP contribution >= 0.6 is 11.3 Å². The highest BCUT2D eigenvalue weighted by atomic mass is 32.1. The molecule has 1 N–H and O–H groups in total. The molecule has 0 saturated heterocycles. The van der Waals surface area contributed by atoms with Crippen LogP contribution in [0.1, 0.15) is 42.1 Å². The number of benzene rings is 1. The van der Waals surface area contributed by atoms with Gasteiger partial charge in [0, 0.05) is 11.4 Å². The van der Waals surface area contributed by atoms with Gasteiger partial charge in [0.15, 0.2) is 0 Å². The van der Waals surface area contributed by atoms with E-state index >= 15 is 0 Å². The first kappa shape index (κ1) is 14.1. The van der Waals surface area contributed by atoms with Gasteiger partial charge < -0.3 is 5.32 Å². The van der Waals surface area contributed by atoms with Gasteiger partial charge in [-0.3, -0.25) is 0 Å². The number of aromatic nitrogens is 1. The fourth-order valence-electron chi connectivity index (χ4n) is 1.87. The highest BCUT2D eigenvalue weighted by molar-refractivity contribution is 7.09. The Morgan fingerprint density at radius 3 is 2.26 bits per heavy atom. The molecule has 1 heterocycles. The molecular formula is C14H16F2N2S. The monoisotopic (exact) mass is 282 g/mol. The lowest BCUT2D eigenvalue weighted by molar-refractivity contribution is 0.571. The topological polar surface area (TPSA) is 24.9 Å². The zero-order valence-corrected chi connectivity index (χ0v) is 11.9. The van der Waals surface area contributed by atoms with E-state index in [9.17, 15) is 8.78 Å². The van der Waals surface area contributed by atoms with Gasteiger partial charge in [-0.05, 0) is 30.7 Å². The largest absolute Gasteiger partial charge is 0.307 e. The number of halogens is 2. The lowest BCUT2D eigenvalue weighted by atomic mass is 10.1. The van der Waals surface area contributed by atoms with Crippen molar-refractivity contribution in [1.82, 2.24) is 10.3 Å². The molecular weight excluding hydrogens is 266 g/mol. The van der Waals surface area contributed by atoms with Crippen LogP contribution in [0.5, 0.6) is 0 Å². The third kappa shape index (κ3) is 3.16. The molecule has 0 fully saturated rings. The van der Waals surface area contributed by atoms with Crippen molar-refractivity contribution in [1.29, 1.82) is 0 Å². The molecule has 0 aliphatic heterocycles. The number of hydrogen-bond acceptors (Lipinski definition) is 3. The molecule has 2 aromatic rings. The van der Waals surface area contributed by atoms with Crippen molar-refractivity contribution in [3.8, 4) is 0 Å². The molecule has 19 heavy (non-hydrogen) atoms. The van der Waals surface area contributed by atoms with Crippen LogP contribution in [-0.4, -0.2) is 12.0 Å². The van der Waals surface area contributed by atoms with Crippen LogP contribution in [0.4, 0.5) is 8.78 Å². The first-order valence-corrected chi connectivity index (χ1v) is 6.97. The van der Waals surface area contributed by atoms with Gasteiger partial charge in [-0.25, -0.2) is 13.8 Å². The van der Waals surface area contributed by atoms with Gasteiger partial charge >= 0.3 is 0 Å². The smallest absolute Gasteiger partial charge is 0.126 e. The van der Waals surface area contributed by atoms with Crippen molar-refractivity contribution in [2.24, 2.45) is 0 Å². The van der Waals surface area contributed by atoms with Crippen molar-refractivity contribution in [2.75, 3.05) is 7.05 Å². The van der Waals surface area contributed by atoms with Gasteiger partial charge in [0.05, 0.1) is 11.7 Å². The second kappa shape index (κ2) is 5.75. The van der Waals surface area contributed by atoms with Gasteiger partial charge in [-0.1, -0.05) is 13.8 Å². The maximum absolute atomic E-state index is 13.3. The van der Waals surface area contributed by atoms with E-state index in [1.807, 2.05) is 5.38 Å². The molecule has 1 aromatic heterocycles. The van der Waals surface area contributed by atoms with Crippen molar-refractivity contribution < 1.29 is 8.78 Å². The molecule has 0 spiro atoms. The van der Waals surface area contributed by atoms with Crippen LogP contribution in [-0.2, 0) is 0 Å². The fourth-order valence-corrected chi connectivity index (χ4v) is 2.99. The van der Waals surface area contributed by atoms with Gasteiger partial charge in [0.25, 0.3) is 0 Å². The SMILES string of the molecule is CNC(c1cc(F)cc(F)c1)c1nc(C(C)C)cs1. The highest BCUT2D eigenvalue weighted by Gasteiger charge is 2.18. The Hall–Kier alpha value is -1.33. The number of nitrogens with one attached hydrogen (secondary N) is 1. The second-order valence-electron chi connectivity index (χ2n) is 4.69. The average molecular weight is 282 g/mol. The summed E-state index contributed by atoms with van der Waals surface area (Å²) >= 11 is 1.50. The Balaban J connectivity index is 2.37. The van der Waals surface area contributed by atoms with Crippen LogP contribution in [0.15, 0.2) is 23.6 Å². The van der Waals surface area contributed by atoms with E-state index in [1.54, 1.807) is 7.05 Å². The maximum Gasteiger partial charge on any atom is 0.126 e. The van der Waals surface area contributed by atoms with Gasteiger partial charge in [0.1, 0.15) is 16.6 Å². The minimum Gasteiger partial charge on any atom is -0.307 e. The zero-order chi connectivity index (χ0) is 14.0. The lowest BCUT2D eigenvalue weighted by Crippen LogP contribution is -2.18. The average Bonchev–Trinajstić information content (AvgIpc) is 2.78. The summed E-state index contributed by atoms with van der Waals surface area (Å²) in [4.78, 5) is 4.53. The third-order valence-electron chi connectivity index (χ3n) is 2.89. The molecule has 1 aromatic carbocycles. The lowest BCUT2D eigenvalue weighted by Gasteiger charge is -2.14. The van der Waals surface area contributed by atoms with E-state index in [1.165, 1.54) is 23.5 Å². The Morgan fingerprint density at radius 2 is 1.79 bits per heavy atom.